The summed E-state index contributed by atoms with van der Waals surface area (Å²) >= 11 is 1.68. The van der Waals surface area contributed by atoms with Gasteiger partial charge < -0.3 is 5.32 Å². The highest BCUT2D eigenvalue weighted by molar-refractivity contribution is 7.13. The van der Waals surface area contributed by atoms with Crippen LogP contribution in [0.3, 0.4) is 0 Å². The summed E-state index contributed by atoms with van der Waals surface area (Å²) in [4.78, 5) is 11.5. The van der Waals surface area contributed by atoms with Crippen LogP contribution >= 0.6 is 23.7 Å². The SMILES string of the molecule is CC1CN(Cc2csc(-c3ccccn3)n2)CCN1.Cl. The number of hydrogen-bond donors (Lipinski definition) is 1. The maximum absolute atomic E-state index is 4.69. The van der Waals surface area contributed by atoms with E-state index in [9.17, 15) is 0 Å². The Morgan fingerprint density at radius 1 is 1.45 bits per heavy atom. The van der Waals surface area contributed by atoms with E-state index in [0.717, 1.165) is 42.6 Å². The minimum Gasteiger partial charge on any atom is -0.312 e. The molecular formula is C14H19ClN4S. The van der Waals surface area contributed by atoms with Crippen LogP contribution in [-0.4, -0.2) is 40.5 Å². The molecule has 20 heavy (non-hydrogen) atoms. The average Bonchev–Trinajstić information content (AvgIpc) is 2.88. The van der Waals surface area contributed by atoms with E-state index in [1.807, 2.05) is 24.4 Å². The van der Waals surface area contributed by atoms with E-state index in [2.05, 4.69) is 27.5 Å². The van der Waals surface area contributed by atoms with Crippen molar-refractivity contribution in [3.05, 3.63) is 35.5 Å². The highest BCUT2D eigenvalue weighted by Gasteiger charge is 2.16. The van der Waals surface area contributed by atoms with E-state index in [1.54, 1.807) is 11.3 Å². The van der Waals surface area contributed by atoms with Gasteiger partial charge in [0, 0.05) is 43.8 Å². The van der Waals surface area contributed by atoms with Gasteiger partial charge in [-0.15, -0.1) is 23.7 Å². The number of nitrogens with one attached hydrogen (secondary N) is 1. The Kier molecular flexibility index (Phi) is 5.48. The summed E-state index contributed by atoms with van der Waals surface area (Å²) < 4.78 is 0. The normalized spacial score (nSPS) is 19.6. The fraction of sp³-hybridized carbons (Fsp3) is 0.429. The first-order chi connectivity index (χ1) is 9.31. The first-order valence-corrected chi connectivity index (χ1v) is 7.51. The molecule has 2 aromatic heterocycles. The van der Waals surface area contributed by atoms with Crippen molar-refractivity contribution in [2.24, 2.45) is 0 Å². The minimum atomic E-state index is 0. The Balaban J connectivity index is 0.00000147. The molecule has 0 saturated carbocycles. The molecule has 0 amide bonds. The van der Waals surface area contributed by atoms with Crippen molar-refractivity contribution in [2.45, 2.75) is 19.5 Å². The molecule has 1 N–H and O–H groups in total. The third-order valence-corrected chi connectivity index (χ3v) is 4.19. The van der Waals surface area contributed by atoms with Gasteiger partial charge in [-0.3, -0.25) is 9.88 Å². The highest BCUT2D eigenvalue weighted by atomic mass is 35.5. The van der Waals surface area contributed by atoms with Crippen LogP contribution in [0.15, 0.2) is 29.8 Å². The Bertz CT molecular complexity index is 531. The highest BCUT2D eigenvalue weighted by Crippen LogP contribution is 2.22. The minimum absolute atomic E-state index is 0. The van der Waals surface area contributed by atoms with Gasteiger partial charge in [-0.25, -0.2) is 4.98 Å². The molecule has 0 radical (unpaired) electrons. The van der Waals surface area contributed by atoms with Gasteiger partial charge in [0.15, 0.2) is 0 Å². The zero-order chi connectivity index (χ0) is 13.1. The van der Waals surface area contributed by atoms with Crippen molar-refractivity contribution < 1.29 is 0 Å². The number of nitrogens with zero attached hydrogens (tertiary/aromatic N) is 3. The quantitative estimate of drug-likeness (QED) is 0.945. The van der Waals surface area contributed by atoms with Crippen LogP contribution in [0.4, 0.5) is 0 Å². The average molecular weight is 311 g/mol. The van der Waals surface area contributed by atoms with Gasteiger partial charge >= 0.3 is 0 Å². The van der Waals surface area contributed by atoms with Crippen LogP contribution in [0.2, 0.25) is 0 Å². The molecule has 1 saturated heterocycles. The molecule has 0 spiro atoms. The lowest BCUT2D eigenvalue weighted by atomic mass is 10.2. The largest absolute Gasteiger partial charge is 0.312 e. The molecule has 1 fully saturated rings. The summed E-state index contributed by atoms with van der Waals surface area (Å²) in [5, 5.41) is 6.62. The lowest BCUT2D eigenvalue weighted by Crippen LogP contribution is -2.48. The van der Waals surface area contributed by atoms with Gasteiger partial charge in [0.05, 0.1) is 11.4 Å². The van der Waals surface area contributed by atoms with Crippen LogP contribution in [0.1, 0.15) is 12.6 Å². The number of aromatic nitrogens is 2. The summed E-state index contributed by atoms with van der Waals surface area (Å²) in [5.41, 5.74) is 2.12. The first kappa shape index (κ1) is 15.4. The third kappa shape index (κ3) is 3.76. The molecule has 4 nitrogen and oxygen atoms in total. The van der Waals surface area contributed by atoms with Crippen molar-refractivity contribution in [1.82, 2.24) is 20.2 Å². The molecule has 1 atom stereocenters. The first-order valence-electron chi connectivity index (χ1n) is 6.63. The second kappa shape index (κ2) is 7.13. The van der Waals surface area contributed by atoms with E-state index in [-0.39, 0.29) is 12.4 Å². The van der Waals surface area contributed by atoms with Gasteiger partial charge in [-0.2, -0.15) is 0 Å². The Morgan fingerprint density at radius 3 is 3.10 bits per heavy atom. The van der Waals surface area contributed by atoms with E-state index >= 15 is 0 Å². The second-order valence-corrected chi connectivity index (χ2v) is 5.81. The van der Waals surface area contributed by atoms with Gasteiger partial charge in [0.25, 0.3) is 0 Å². The molecule has 2 aromatic rings. The Labute approximate surface area is 129 Å². The van der Waals surface area contributed by atoms with Crippen molar-refractivity contribution in [2.75, 3.05) is 19.6 Å². The van der Waals surface area contributed by atoms with E-state index in [4.69, 9.17) is 4.98 Å². The van der Waals surface area contributed by atoms with Crippen LogP contribution < -0.4 is 5.32 Å². The van der Waals surface area contributed by atoms with Crippen molar-refractivity contribution in [3.8, 4) is 10.7 Å². The summed E-state index contributed by atoms with van der Waals surface area (Å²) in [6.07, 6.45) is 1.81. The number of hydrogen-bond acceptors (Lipinski definition) is 5. The van der Waals surface area contributed by atoms with Crippen LogP contribution in [0, 0.1) is 0 Å². The molecule has 6 heteroatoms. The van der Waals surface area contributed by atoms with Crippen LogP contribution in [-0.2, 0) is 6.54 Å². The lowest BCUT2D eigenvalue weighted by molar-refractivity contribution is 0.198. The maximum Gasteiger partial charge on any atom is 0.142 e. The van der Waals surface area contributed by atoms with E-state index < -0.39 is 0 Å². The summed E-state index contributed by atoms with van der Waals surface area (Å²) in [7, 11) is 0. The van der Waals surface area contributed by atoms with Crippen molar-refractivity contribution >= 4 is 23.7 Å². The molecule has 108 valence electrons. The zero-order valence-electron chi connectivity index (χ0n) is 11.5. The van der Waals surface area contributed by atoms with Gasteiger partial charge in [-0.05, 0) is 19.1 Å². The fourth-order valence-corrected chi connectivity index (χ4v) is 3.16. The maximum atomic E-state index is 4.69. The fourth-order valence-electron chi connectivity index (χ4n) is 2.37. The standard InChI is InChI=1S/C14H18N4S.ClH/c1-11-8-18(7-6-15-11)9-12-10-19-14(17-12)13-4-2-3-5-16-13;/h2-5,10-11,15H,6-9H2,1H3;1H. The zero-order valence-corrected chi connectivity index (χ0v) is 13.1. The number of piperazine rings is 1. The molecular weight excluding hydrogens is 292 g/mol. The van der Waals surface area contributed by atoms with E-state index in [0.29, 0.717) is 6.04 Å². The molecule has 1 aliphatic rings. The molecule has 0 bridgehead atoms. The van der Waals surface area contributed by atoms with Gasteiger partial charge in [-0.1, -0.05) is 6.07 Å². The molecule has 3 rings (SSSR count). The predicted octanol–water partition coefficient (Wildman–Crippen LogP) is 2.42. The number of thiazole rings is 1. The summed E-state index contributed by atoms with van der Waals surface area (Å²) in [5.74, 6) is 0. The molecule has 3 heterocycles. The molecule has 1 unspecified atom stereocenters. The monoisotopic (exact) mass is 310 g/mol. The third-order valence-electron chi connectivity index (χ3n) is 3.27. The van der Waals surface area contributed by atoms with Crippen LogP contribution in [0.5, 0.6) is 0 Å². The Hall–Kier alpha value is -1.01. The summed E-state index contributed by atoms with van der Waals surface area (Å²) in [6.45, 7) is 6.43. The topological polar surface area (TPSA) is 41.1 Å². The lowest BCUT2D eigenvalue weighted by Gasteiger charge is -2.31. The molecule has 1 aliphatic heterocycles. The smallest absolute Gasteiger partial charge is 0.142 e. The van der Waals surface area contributed by atoms with Crippen LogP contribution in [0.25, 0.3) is 10.7 Å². The predicted molar refractivity (Wildman–Crippen MR) is 85.3 cm³/mol. The number of pyridine rings is 1. The molecule has 0 aliphatic carbocycles. The summed E-state index contributed by atoms with van der Waals surface area (Å²) in [6, 6.07) is 6.51. The number of halogens is 1. The Morgan fingerprint density at radius 2 is 2.35 bits per heavy atom. The van der Waals surface area contributed by atoms with Crippen molar-refractivity contribution in [1.29, 1.82) is 0 Å². The van der Waals surface area contributed by atoms with Gasteiger partial charge in [0.1, 0.15) is 5.01 Å². The molecule has 0 aromatic carbocycles. The number of rotatable bonds is 3. The second-order valence-electron chi connectivity index (χ2n) is 4.95. The van der Waals surface area contributed by atoms with E-state index in [1.165, 1.54) is 0 Å². The van der Waals surface area contributed by atoms with Gasteiger partial charge in [0.2, 0.25) is 0 Å². The van der Waals surface area contributed by atoms with Crippen molar-refractivity contribution in [3.63, 3.8) is 0 Å².